The van der Waals surface area contributed by atoms with Crippen LogP contribution in [0.5, 0.6) is 11.5 Å². The van der Waals surface area contributed by atoms with Crippen molar-refractivity contribution in [1.82, 2.24) is 10.6 Å². The van der Waals surface area contributed by atoms with Crippen LogP contribution in [-0.4, -0.2) is 38.8 Å². The van der Waals surface area contributed by atoms with Crippen LogP contribution in [0.4, 0.5) is 0 Å². The number of unbranched alkanes of at least 4 members (excludes halogenated alkanes) is 1. The van der Waals surface area contributed by atoms with Crippen LogP contribution >= 0.6 is 0 Å². The standard InChI is InChI=1S/C15H23N3O2/c1-3-4-9-17-15(16-2)18-10-12-11-19-13-7-5-6-8-14(13)20-12/h5-8,12H,3-4,9-11H2,1-2H3,(H2,16,17,18). The van der Waals surface area contributed by atoms with Gasteiger partial charge in [0.1, 0.15) is 12.7 Å². The minimum Gasteiger partial charge on any atom is -0.486 e. The Morgan fingerprint density at radius 2 is 2.10 bits per heavy atom. The first-order valence-electron chi connectivity index (χ1n) is 7.16. The maximum atomic E-state index is 5.88. The molecule has 20 heavy (non-hydrogen) atoms. The minimum atomic E-state index is -0.00498. The van der Waals surface area contributed by atoms with E-state index in [1.54, 1.807) is 7.05 Å². The van der Waals surface area contributed by atoms with E-state index in [4.69, 9.17) is 9.47 Å². The van der Waals surface area contributed by atoms with Crippen LogP contribution in [0, 0.1) is 0 Å². The second kappa shape index (κ2) is 7.62. The molecule has 1 heterocycles. The van der Waals surface area contributed by atoms with Crippen molar-refractivity contribution in [3.05, 3.63) is 24.3 Å². The summed E-state index contributed by atoms with van der Waals surface area (Å²) in [5.74, 6) is 2.43. The van der Waals surface area contributed by atoms with Gasteiger partial charge in [-0.15, -0.1) is 0 Å². The first-order valence-corrected chi connectivity index (χ1v) is 7.16. The van der Waals surface area contributed by atoms with E-state index in [1.165, 1.54) is 6.42 Å². The Bertz CT molecular complexity index is 448. The lowest BCUT2D eigenvalue weighted by Crippen LogP contribution is -2.45. The molecule has 2 N–H and O–H groups in total. The van der Waals surface area contributed by atoms with E-state index in [0.29, 0.717) is 13.2 Å². The minimum absolute atomic E-state index is 0.00498. The van der Waals surface area contributed by atoms with Crippen LogP contribution in [-0.2, 0) is 0 Å². The van der Waals surface area contributed by atoms with Gasteiger partial charge in [-0.2, -0.15) is 0 Å². The number of fused-ring (bicyclic) bond motifs is 1. The first kappa shape index (κ1) is 14.5. The maximum Gasteiger partial charge on any atom is 0.191 e. The molecule has 1 atom stereocenters. The van der Waals surface area contributed by atoms with Crippen molar-refractivity contribution in [1.29, 1.82) is 0 Å². The third kappa shape index (κ3) is 4.05. The molecule has 1 aromatic rings. The Balaban J connectivity index is 1.77. The van der Waals surface area contributed by atoms with Crippen LogP contribution < -0.4 is 20.1 Å². The number of nitrogens with zero attached hydrogens (tertiary/aromatic N) is 1. The van der Waals surface area contributed by atoms with Crippen LogP contribution in [0.15, 0.2) is 29.3 Å². The van der Waals surface area contributed by atoms with Gasteiger partial charge in [-0.3, -0.25) is 4.99 Å². The lowest BCUT2D eigenvalue weighted by atomic mass is 10.2. The molecule has 0 saturated carbocycles. The van der Waals surface area contributed by atoms with Gasteiger partial charge in [-0.25, -0.2) is 0 Å². The van der Waals surface area contributed by atoms with E-state index in [1.807, 2.05) is 24.3 Å². The molecule has 5 nitrogen and oxygen atoms in total. The molecular weight excluding hydrogens is 254 g/mol. The number of rotatable bonds is 5. The van der Waals surface area contributed by atoms with Crippen molar-refractivity contribution in [2.75, 3.05) is 26.7 Å². The normalized spacial score (nSPS) is 17.7. The van der Waals surface area contributed by atoms with E-state index >= 15 is 0 Å². The van der Waals surface area contributed by atoms with Gasteiger partial charge in [0, 0.05) is 13.6 Å². The van der Waals surface area contributed by atoms with Crippen molar-refractivity contribution < 1.29 is 9.47 Å². The monoisotopic (exact) mass is 277 g/mol. The van der Waals surface area contributed by atoms with Gasteiger partial charge in [-0.05, 0) is 18.6 Å². The van der Waals surface area contributed by atoms with Crippen molar-refractivity contribution >= 4 is 5.96 Å². The summed E-state index contributed by atoms with van der Waals surface area (Å²) in [6.07, 6.45) is 2.30. The number of ether oxygens (including phenoxy) is 2. The zero-order valence-electron chi connectivity index (χ0n) is 12.2. The molecule has 0 aliphatic carbocycles. The summed E-state index contributed by atoms with van der Waals surface area (Å²) in [7, 11) is 1.77. The van der Waals surface area contributed by atoms with Crippen LogP contribution in [0.2, 0.25) is 0 Å². The Morgan fingerprint density at radius 1 is 1.30 bits per heavy atom. The largest absolute Gasteiger partial charge is 0.486 e. The molecule has 110 valence electrons. The van der Waals surface area contributed by atoms with Crippen molar-refractivity contribution in [2.24, 2.45) is 4.99 Å². The van der Waals surface area contributed by atoms with Gasteiger partial charge in [0.25, 0.3) is 0 Å². The summed E-state index contributed by atoms with van der Waals surface area (Å²) in [6.45, 7) is 4.32. The van der Waals surface area contributed by atoms with Crippen molar-refractivity contribution in [3.8, 4) is 11.5 Å². The summed E-state index contributed by atoms with van der Waals surface area (Å²) >= 11 is 0. The number of aliphatic imine (C=N–C) groups is 1. The predicted octanol–water partition coefficient (Wildman–Crippen LogP) is 1.79. The van der Waals surface area contributed by atoms with E-state index in [0.717, 1.165) is 30.4 Å². The SMILES string of the molecule is CCCCNC(=NC)NCC1COc2ccccc2O1. The number of para-hydroxylation sites is 2. The summed E-state index contributed by atoms with van der Waals surface area (Å²) in [5, 5.41) is 6.53. The summed E-state index contributed by atoms with van der Waals surface area (Å²) in [4.78, 5) is 4.19. The fourth-order valence-corrected chi connectivity index (χ4v) is 1.98. The summed E-state index contributed by atoms with van der Waals surface area (Å²) in [6, 6.07) is 7.74. The van der Waals surface area contributed by atoms with Gasteiger partial charge in [0.05, 0.1) is 6.54 Å². The molecule has 0 bridgehead atoms. The predicted molar refractivity (Wildman–Crippen MR) is 80.6 cm³/mol. The fraction of sp³-hybridized carbons (Fsp3) is 0.533. The highest BCUT2D eigenvalue weighted by atomic mass is 16.6. The van der Waals surface area contributed by atoms with E-state index in [9.17, 15) is 0 Å². The third-order valence-electron chi connectivity index (χ3n) is 3.11. The Labute approximate surface area is 120 Å². The van der Waals surface area contributed by atoms with Crippen LogP contribution in [0.25, 0.3) is 0 Å². The van der Waals surface area contributed by atoms with Gasteiger partial charge in [0.2, 0.25) is 0 Å². The van der Waals surface area contributed by atoms with E-state index < -0.39 is 0 Å². The lowest BCUT2D eigenvalue weighted by Gasteiger charge is -2.27. The third-order valence-corrected chi connectivity index (χ3v) is 3.11. The molecule has 0 saturated heterocycles. The van der Waals surface area contributed by atoms with E-state index in [-0.39, 0.29) is 6.10 Å². The van der Waals surface area contributed by atoms with Gasteiger partial charge >= 0.3 is 0 Å². The van der Waals surface area contributed by atoms with Crippen molar-refractivity contribution in [2.45, 2.75) is 25.9 Å². The molecule has 1 unspecified atom stereocenters. The Hall–Kier alpha value is -1.91. The number of hydrogen-bond acceptors (Lipinski definition) is 3. The molecule has 0 spiro atoms. The number of hydrogen-bond donors (Lipinski definition) is 2. The number of guanidine groups is 1. The summed E-state index contributed by atoms with van der Waals surface area (Å²) in [5.41, 5.74) is 0. The number of nitrogens with one attached hydrogen (secondary N) is 2. The van der Waals surface area contributed by atoms with Gasteiger partial charge < -0.3 is 20.1 Å². The first-order chi connectivity index (χ1) is 9.83. The summed E-state index contributed by atoms with van der Waals surface area (Å²) < 4.78 is 11.6. The van der Waals surface area contributed by atoms with Crippen LogP contribution in [0.1, 0.15) is 19.8 Å². The molecule has 2 rings (SSSR count). The zero-order valence-corrected chi connectivity index (χ0v) is 12.2. The van der Waals surface area contributed by atoms with Gasteiger partial charge in [0.15, 0.2) is 17.5 Å². The molecular formula is C15H23N3O2. The maximum absolute atomic E-state index is 5.88. The molecule has 0 aromatic heterocycles. The molecule has 1 aromatic carbocycles. The highest BCUT2D eigenvalue weighted by Crippen LogP contribution is 2.30. The average molecular weight is 277 g/mol. The lowest BCUT2D eigenvalue weighted by molar-refractivity contribution is 0.0936. The van der Waals surface area contributed by atoms with Crippen molar-refractivity contribution in [3.63, 3.8) is 0 Å². The molecule has 0 fully saturated rings. The topological polar surface area (TPSA) is 54.9 Å². The molecule has 0 amide bonds. The van der Waals surface area contributed by atoms with Crippen LogP contribution in [0.3, 0.4) is 0 Å². The smallest absolute Gasteiger partial charge is 0.191 e. The Kier molecular flexibility index (Phi) is 5.53. The molecule has 1 aliphatic rings. The Morgan fingerprint density at radius 3 is 2.85 bits per heavy atom. The highest BCUT2D eigenvalue weighted by Gasteiger charge is 2.20. The average Bonchev–Trinajstić information content (AvgIpc) is 2.50. The second-order valence-electron chi connectivity index (χ2n) is 4.73. The number of benzene rings is 1. The molecule has 5 heteroatoms. The second-order valence-corrected chi connectivity index (χ2v) is 4.73. The molecule has 0 radical (unpaired) electrons. The quantitative estimate of drug-likeness (QED) is 0.489. The van der Waals surface area contributed by atoms with E-state index in [2.05, 4.69) is 22.5 Å². The van der Waals surface area contributed by atoms with Gasteiger partial charge in [-0.1, -0.05) is 25.5 Å². The zero-order chi connectivity index (χ0) is 14.2. The molecule has 1 aliphatic heterocycles. The fourth-order valence-electron chi connectivity index (χ4n) is 1.98. The highest BCUT2D eigenvalue weighted by molar-refractivity contribution is 5.79.